The second kappa shape index (κ2) is 4.20. The van der Waals surface area contributed by atoms with Crippen LogP contribution in [0.2, 0.25) is 0 Å². The summed E-state index contributed by atoms with van der Waals surface area (Å²) < 4.78 is 4.21. The van der Waals surface area contributed by atoms with Crippen molar-refractivity contribution in [1.29, 1.82) is 0 Å². The largest absolute Gasteiger partial charge is 0.331 e. The minimum atomic E-state index is 0.468. The first kappa shape index (κ1) is 12.4. The number of hydrogen-bond acceptors (Lipinski definition) is 1. The number of H-pyrrole nitrogens is 1. The van der Waals surface area contributed by atoms with E-state index < -0.39 is 0 Å². The normalized spacial score (nSPS) is 17.6. The highest BCUT2D eigenvalue weighted by molar-refractivity contribution is 9.10. The Morgan fingerprint density at radius 3 is 2.78 bits per heavy atom. The molecule has 0 amide bonds. The maximum Gasteiger partial charge on any atom is 0.178 e. The number of hydrogen-bond donors (Lipinski definition) is 1. The summed E-state index contributed by atoms with van der Waals surface area (Å²) in [5.41, 5.74) is 2.81. The van der Waals surface area contributed by atoms with Gasteiger partial charge in [-0.05, 0) is 54.6 Å². The van der Waals surface area contributed by atoms with Crippen molar-refractivity contribution < 1.29 is 0 Å². The van der Waals surface area contributed by atoms with E-state index >= 15 is 0 Å². The van der Waals surface area contributed by atoms with E-state index in [2.05, 4.69) is 51.5 Å². The first-order valence-corrected chi connectivity index (χ1v) is 7.60. The summed E-state index contributed by atoms with van der Waals surface area (Å²) in [6.45, 7) is 5.68. The van der Waals surface area contributed by atoms with Crippen molar-refractivity contribution in [1.82, 2.24) is 9.55 Å². The molecule has 1 heterocycles. The monoisotopic (exact) mass is 324 g/mol. The lowest BCUT2D eigenvalue weighted by atomic mass is 9.92. The van der Waals surface area contributed by atoms with Crippen LogP contribution in [0.3, 0.4) is 0 Å². The maximum atomic E-state index is 5.47. The van der Waals surface area contributed by atoms with Crippen LogP contribution in [-0.4, -0.2) is 9.55 Å². The van der Waals surface area contributed by atoms with E-state index in [9.17, 15) is 0 Å². The van der Waals surface area contributed by atoms with Gasteiger partial charge in [0.2, 0.25) is 0 Å². The van der Waals surface area contributed by atoms with Crippen molar-refractivity contribution in [2.75, 3.05) is 0 Å². The molecule has 2 nitrogen and oxygen atoms in total. The topological polar surface area (TPSA) is 20.7 Å². The number of aromatic nitrogens is 2. The Kier molecular flexibility index (Phi) is 2.90. The van der Waals surface area contributed by atoms with E-state index in [1.165, 1.54) is 18.4 Å². The lowest BCUT2D eigenvalue weighted by Gasteiger charge is -2.20. The predicted octanol–water partition coefficient (Wildman–Crippen LogP) is 4.90. The summed E-state index contributed by atoms with van der Waals surface area (Å²) in [7, 11) is 0. The number of imidazole rings is 1. The number of aromatic amines is 1. The lowest BCUT2D eigenvalue weighted by Crippen LogP contribution is -2.17. The minimum absolute atomic E-state index is 0.468. The molecule has 0 spiro atoms. The van der Waals surface area contributed by atoms with Gasteiger partial charge < -0.3 is 9.55 Å². The Labute approximate surface area is 121 Å². The van der Waals surface area contributed by atoms with Gasteiger partial charge in [-0.25, -0.2) is 0 Å². The molecule has 0 unspecified atom stereocenters. The number of nitrogens with one attached hydrogen (secondary N) is 1. The van der Waals surface area contributed by atoms with Crippen molar-refractivity contribution in [3.63, 3.8) is 0 Å². The second-order valence-corrected chi connectivity index (χ2v) is 7.00. The smallest absolute Gasteiger partial charge is 0.178 e. The van der Waals surface area contributed by atoms with Crippen molar-refractivity contribution in [3.05, 3.63) is 27.4 Å². The SMILES string of the molecule is CC(C)C1(Cn2c(=S)[nH]c3ccc(Br)cc32)CC1. The van der Waals surface area contributed by atoms with E-state index in [0.717, 1.165) is 27.2 Å². The van der Waals surface area contributed by atoms with E-state index in [0.29, 0.717) is 5.41 Å². The van der Waals surface area contributed by atoms with Gasteiger partial charge in [0.05, 0.1) is 11.0 Å². The van der Waals surface area contributed by atoms with Crippen LogP contribution in [0.1, 0.15) is 26.7 Å². The first-order valence-electron chi connectivity index (χ1n) is 6.40. The molecule has 1 fully saturated rings. The van der Waals surface area contributed by atoms with Crippen LogP contribution >= 0.6 is 28.1 Å². The molecule has 0 radical (unpaired) electrons. The summed E-state index contributed by atoms with van der Waals surface area (Å²) in [4.78, 5) is 3.30. The van der Waals surface area contributed by atoms with E-state index in [4.69, 9.17) is 12.2 Å². The fourth-order valence-corrected chi connectivity index (χ4v) is 3.30. The van der Waals surface area contributed by atoms with Crippen molar-refractivity contribution >= 4 is 39.2 Å². The van der Waals surface area contributed by atoms with E-state index in [1.54, 1.807) is 0 Å². The molecule has 1 saturated carbocycles. The molecule has 1 aromatic heterocycles. The van der Waals surface area contributed by atoms with Gasteiger partial charge in [0.25, 0.3) is 0 Å². The average molecular weight is 325 g/mol. The zero-order valence-electron chi connectivity index (χ0n) is 10.7. The average Bonchev–Trinajstić information content (AvgIpc) is 3.03. The third-order valence-corrected chi connectivity index (χ3v) is 5.14. The molecule has 3 rings (SSSR count). The van der Waals surface area contributed by atoms with Gasteiger partial charge >= 0.3 is 0 Å². The number of rotatable bonds is 3. The molecule has 1 aromatic carbocycles. The number of nitrogens with zero attached hydrogens (tertiary/aromatic N) is 1. The molecular weight excluding hydrogens is 308 g/mol. The van der Waals surface area contributed by atoms with Crippen LogP contribution < -0.4 is 0 Å². The predicted molar refractivity (Wildman–Crippen MR) is 81.3 cm³/mol. The zero-order chi connectivity index (χ0) is 12.9. The highest BCUT2D eigenvalue weighted by Gasteiger charge is 2.45. The van der Waals surface area contributed by atoms with Crippen LogP contribution in [0.5, 0.6) is 0 Å². The van der Waals surface area contributed by atoms with Crippen molar-refractivity contribution in [2.24, 2.45) is 11.3 Å². The maximum absolute atomic E-state index is 5.47. The molecule has 0 saturated heterocycles. The van der Waals surface area contributed by atoms with E-state index in [-0.39, 0.29) is 0 Å². The molecule has 0 bridgehead atoms. The lowest BCUT2D eigenvalue weighted by molar-refractivity contribution is 0.311. The number of fused-ring (bicyclic) bond motifs is 1. The number of benzene rings is 1. The molecule has 1 aliphatic carbocycles. The summed E-state index contributed by atoms with van der Waals surface area (Å²) >= 11 is 9.01. The van der Waals surface area contributed by atoms with Gasteiger partial charge in [-0.1, -0.05) is 29.8 Å². The van der Waals surface area contributed by atoms with Crippen molar-refractivity contribution in [2.45, 2.75) is 33.2 Å². The Hall–Kier alpha value is -0.610. The molecule has 96 valence electrons. The van der Waals surface area contributed by atoms with E-state index in [1.807, 2.05) is 6.07 Å². The first-order chi connectivity index (χ1) is 8.52. The van der Waals surface area contributed by atoms with Gasteiger partial charge in [-0.3, -0.25) is 0 Å². The Morgan fingerprint density at radius 2 is 2.17 bits per heavy atom. The fraction of sp³-hybridized carbons (Fsp3) is 0.500. The van der Waals surface area contributed by atoms with Gasteiger partial charge in [0, 0.05) is 11.0 Å². The van der Waals surface area contributed by atoms with Gasteiger partial charge in [0.15, 0.2) is 4.77 Å². The summed E-state index contributed by atoms with van der Waals surface area (Å²) in [6, 6.07) is 6.28. The van der Waals surface area contributed by atoms with Gasteiger partial charge in [-0.2, -0.15) is 0 Å². The summed E-state index contributed by atoms with van der Waals surface area (Å²) in [5.74, 6) is 0.719. The molecule has 18 heavy (non-hydrogen) atoms. The number of halogens is 1. The van der Waals surface area contributed by atoms with Crippen LogP contribution in [0, 0.1) is 16.1 Å². The molecule has 0 aliphatic heterocycles. The zero-order valence-corrected chi connectivity index (χ0v) is 13.1. The third kappa shape index (κ3) is 1.95. The van der Waals surface area contributed by atoms with Crippen LogP contribution in [-0.2, 0) is 6.54 Å². The Morgan fingerprint density at radius 1 is 1.44 bits per heavy atom. The quantitative estimate of drug-likeness (QED) is 0.796. The molecule has 2 aromatic rings. The van der Waals surface area contributed by atoms with Crippen molar-refractivity contribution in [3.8, 4) is 0 Å². The second-order valence-electron chi connectivity index (χ2n) is 5.69. The standard InChI is InChI=1S/C14H17BrN2S/c1-9(2)14(5-6-14)8-17-12-7-10(15)3-4-11(12)16-13(17)18/h3-4,7,9H,5-6,8H2,1-2H3,(H,16,18). The molecule has 1 aliphatic rings. The molecular formula is C14H17BrN2S. The fourth-order valence-electron chi connectivity index (χ4n) is 2.68. The highest BCUT2D eigenvalue weighted by Crippen LogP contribution is 2.53. The van der Waals surface area contributed by atoms with Crippen LogP contribution in [0.4, 0.5) is 0 Å². The Bertz CT molecular complexity index is 649. The molecule has 0 atom stereocenters. The minimum Gasteiger partial charge on any atom is -0.331 e. The summed E-state index contributed by atoms with van der Waals surface area (Å²) in [5, 5.41) is 0. The third-order valence-electron chi connectivity index (χ3n) is 4.33. The summed E-state index contributed by atoms with van der Waals surface area (Å²) in [6.07, 6.45) is 2.65. The molecule has 4 heteroatoms. The molecule has 1 N–H and O–H groups in total. The van der Waals surface area contributed by atoms with Crippen LogP contribution in [0.15, 0.2) is 22.7 Å². The Balaban J connectivity index is 2.09. The van der Waals surface area contributed by atoms with Gasteiger partial charge in [-0.15, -0.1) is 0 Å². The van der Waals surface area contributed by atoms with Gasteiger partial charge in [0.1, 0.15) is 0 Å². The highest BCUT2D eigenvalue weighted by atomic mass is 79.9. The van der Waals surface area contributed by atoms with Crippen LogP contribution in [0.25, 0.3) is 11.0 Å².